The van der Waals surface area contributed by atoms with Crippen LogP contribution in [-0.4, -0.2) is 9.97 Å². The van der Waals surface area contributed by atoms with Crippen molar-refractivity contribution in [1.82, 2.24) is 9.97 Å². The van der Waals surface area contributed by atoms with Crippen LogP contribution in [0.4, 0.5) is 0 Å². The van der Waals surface area contributed by atoms with Crippen LogP contribution in [0.25, 0.3) is 11.0 Å². The van der Waals surface area contributed by atoms with Gasteiger partial charge in [-0.15, -0.1) is 0 Å². The summed E-state index contributed by atoms with van der Waals surface area (Å²) >= 11 is 0. The normalized spacial score (nSPS) is 11.5. The molecule has 0 saturated heterocycles. The average Bonchev–Trinajstić information content (AvgIpc) is 2.49. The van der Waals surface area contributed by atoms with Crippen molar-refractivity contribution in [2.24, 2.45) is 0 Å². The maximum atomic E-state index is 4.49. The van der Waals surface area contributed by atoms with Crippen LogP contribution in [0, 0.1) is 13.8 Å². The second kappa shape index (κ2) is 3.12. The van der Waals surface area contributed by atoms with E-state index in [2.05, 4.69) is 37.7 Å². The highest BCUT2D eigenvalue weighted by Crippen LogP contribution is 2.25. The van der Waals surface area contributed by atoms with Gasteiger partial charge in [-0.05, 0) is 36.5 Å². The van der Waals surface area contributed by atoms with E-state index in [0.717, 1.165) is 5.52 Å². The summed E-state index contributed by atoms with van der Waals surface area (Å²) in [4.78, 5) is 7.78. The quantitative estimate of drug-likeness (QED) is 0.730. The predicted molar refractivity (Wildman–Crippen MR) is 59.7 cm³/mol. The van der Waals surface area contributed by atoms with Gasteiger partial charge < -0.3 is 4.98 Å². The zero-order chi connectivity index (χ0) is 10.3. The molecular formula is C12H16N2. The minimum Gasteiger partial charge on any atom is -0.359 e. The van der Waals surface area contributed by atoms with Gasteiger partial charge in [0.05, 0.1) is 11.0 Å². The van der Waals surface area contributed by atoms with Gasteiger partial charge in [0.25, 0.3) is 0 Å². The molecule has 14 heavy (non-hydrogen) atoms. The smallest absolute Gasteiger partial charge is 0.0910 e. The fourth-order valence-electron chi connectivity index (χ4n) is 1.92. The number of aryl methyl sites for hydroxylation is 2. The van der Waals surface area contributed by atoms with Crippen LogP contribution in [0.2, 0.25) is 0 Å². The number of H-pyrrole nitrogens is 1. The molecule has 0 amide bonds. The highest BCUT2D eigenvalue weighted by molar-refractivity contribution is 5.82. The number of nitrogens with zero attached hydrogens (tertiary/aromatic N) is 1. The Morgan fingerprint density at radius 3 is 2.64 bits per heavy atom. The number of pyridine rings is 1. The highest BCUT2D eigenvalue weighted by atomic mass is 14.8. The number of aromatic amines is 1. The summed E-state index contributed by atoms with van der Waals surface area (Å²) < 4.78 is 0. The summed E-state index contributed by atoms with van der Waals surface area (Å²) in [7, 11) is 0. The summed E-state index contributed by atoms with van der Waals surface area (Å²) in [6.45, 7) is 8.65. The van der Waals surface area contributed by atoms with E-state index in [1.54, 1.807) is 0 Å². The first-order chi connectivity index (χ1) is 6.61. The van der Waals surface area contributed by atoms with Crippen LogP contribution >= 0.6 is 0 Å². The van der Waals surface area contributed by atoms with E-state index in [-0.39, 0.29) is 0 Å². The average molecular weight is 188 g/mol. The first-order valence-electron chi connectivity index (χ1n) is 5.04. The lowest BCUT2D eigenvalue weighted by molar-refractivity contribution is 0.852. The summed E-state index contributed by atoms with van der Waals surface area (Å²) in [6.07, 6.45) is 4.03. The number of hydrogen-bond donors (Lipinski definition) is 1. The zero-order valence-electron chi connectivity index (χ0n) is 9.18. The largest absolute Gasteiger partial charge is 0.359 e. The lowest BCUT2D eigenvalue weighted by Crippen LogP contribution is -1.94. The minimum absolute atomic E-state index is 0.538. The van der Waals surface area contributed by atoms with Gasteiger partial charge in [0.1, 0.15) is 0 Å². The lowest BCUT2D eigenvalue weighted by Gasteiger charge is -2.09. The second-order valence-corrected chi connectivity index (χ2v) is 4.19. The zero-order valence-corrected chi connectivity index (χ0v) is 9.18. The number of fused-ring (bicyclic) bond motifs is 1. The molecular weight excluding hydrogens is 172 g/mol. The van der Waals surface area contributed by atoms with Gasteiger partial charge in [-0.2, -0.15) is 0 Å². The molecule has 0 aromatic carbocycles. The van der Waals surface area contributed by atoms with E-state index in [9.17, 15) is 0 Å². The number of hydrogen-bond acceptors (Lipinski definition) is 1. The fraction of sp³-hybridized carbons (Fsp3) is 0.417. The van der Waals surface area contributed by atoms with E-state index in [4.69, 9.17) is 0 Å². The molecule has 0 radical (unpaired) electrons. The van der Waals surface area contributed by atoms with Crippen LogP contribution < -0.4 is 0 Å². The van der Waals surface area contributed by atoms with Crippen LogP contribution in [0.3, 0.4) is 0 Å². The Morgan fingerprint density at radius 1 is 1.29 bits per heavy atom. The Balaban J connectivity index is 2.76. The van der Waals surface area contributed by atoms with Crippen molar-refractivity contribution in [3.63, 3.8) is 0 Å². The SMILES string of the molecule is Cc1c[nH]c2c(C)c(C(C)C)cnc12. The Labute approximate surface area is 84.4 Å². The topological polar surface area (TPSA) is 28.7 Å². The molecule has 2 aromatic heterocycles. The number of aromatic nitrogens is 2. The van der Waals surface area contributed by atoms with Crippen molar-refractivity contribution >= 4 is 11.0 Å². The summed E-state index contributed by atoms with van der Waals surface area (Å²) in [5, 5.41) is 0. The standard InChI is InChI=1S/C12H16N2/c1-7(2)10-6-14-11-8(3)5-13-12(11)9(10)4/h5-7,13H,1-4H3. The van der Waals surface area contributed by atoms with Crippen molar-refractivity contribution in [1.29, 1.82) is 0 Å². The Bertz CT molecular complexity index is 466. The third-order valence-electron chi connectivity index (χ3n) is 2.81. The second-order valence-electron chi connectivity index (χ2n) is 4.19. The van der Waals surface area contributed by atoms with E-state index in [1.165, 1.54) is 22.2 Å². The minimum atomic E-state index is 0.538. The van der Waals surface area contributed by atoms with Crippen molar-refractivity contribution in [3.8, 4) is 0 Å². The molecule has 1 N–H and O–H groups in total. The molecule has 2 nitrogen and oxygen atoms in total. The predicted octanol–water partition coefficient (Wildman–Crippen LogP) is 3.30. The fourth-order valence-corrected chi connectivity index (χ4v) is 1.92. The highest BCUT2D eigenvalue weighted by Gasteiger charge is 2.09. The first kappa shape index (κ1) is 9.25. The van der Waals surface area contributed by atoms with Gasteiger partial charge in [0, 0.05) is 12.4 Å². The molecule has 0 spiro atoms. The molecule has 2 heterocycles. The van der Waals surface area contributed by atoms with Gasteiger partial charge in [-0.1, -0.05) is 13.8 Å². The molecule has 2 aromatic rings. The van der Waals surface area contributed by atoms with Gasteiger partial charge in [-0.3, -0.25) is 4.98 Å². The van der Waals surface area contributed by atoms with Gasteiger partial charge in [0.15, 0.2) is 0 Å². The molecule has 0 aliphatic heterocycles. The van der Waals surface area contributed by atoms with Gasteiger partial charge in [-0.25, -0.2) is 0 Å². The van der Waals surface area contributed by atoms with Crippen molar-refractivity contribution < 1.29 is 0 Å². The van der Waals surface area contributed by atoms with Crippen molar-refractivity contribution in [3.05, 3.63) is 29.1 Å². The van der Waals surface area contributed by atoms with Crippen LogP contribution in [0.15, 0.2) is 12.4 Å². The van der Waals surface area contributed by atoms with Crippen molar-refractivity contribution in [2.75, 3.05) is 0 Å². The molecule has 74 valence electrons. The summed E-state index contributed by atoms with van der Waals surface area (Å²) in [6, 6.07) is 0. The van der Waals surface area contributed by atoms with E-state index >= 15 is 0 Å². The van der Waals surface area contributed by atoms with E-state index in [1.807, 2.05) is 12.4 Å². The third kappa shape index (κ3) is 1.22. The first-order valence-corrected chi connectivity index (χ1v) is 5.04. The molecule has 2 heteroatoms. The van der Waals surface area contributed by atoms with E-state index in [0.29, 0.717) is 5.92 Å². The summed E-state index contributed by atoms with van der Waals surface area (Å²) in [5.41, 5.74) is 6.18. The molecule has 0 aliphatic rings. The molecule has 2 rings (SSSR count). The Hall–Kier alpha value is -1.31. The molecule has 0 fully saturated rings. The molecule has 0 unspecified atom stereocenters. The number of nitrogens with one attached hydrogen (secondary N) is 1. The maximum absolute atomic E-state index is 4.49. The molecule has 0 aliphatic carbocycles. The maximum Gasteiger partial charge on any atom is 0.0910 e. The monoisotopic (exact) mass is 188 g/mol. The Kier molecular flexibility index (Phi) is 2.06. The number of rotatable bonds is 1. The van der Waals surface area contributed by atoms with Crippen LogP contribution in [0.5, 0.6) is 0 Å². The van der Waals surface area contributed by atoms with E-state index < -0.39 is 0 Å². The van der Waals surface area contributed by atoms with Gasteiger partial charge >= 0.3 is 0 Å². The lowest BCUT2D eigenvalue weighted by atomic mass is 9.99. The third-order valence-corrected chi connectivity index (χ3v) is 2.81. The van der Waals surface area contributed by atoms with Crippen LogP contribution in [0.1, 0.15) is 36.5 Å². The van der Waals surface area contributed by atoms with Crippen molar-refractivity contribution in [2.45, 2.75) is 33.6 Å². The molecule has 0 bridgehead atoms. The van der Waals surface area contributed by atoms with Crippen LogP contribution in [-0.2, 0) is 0 Å². The summed E-state index contributed by atoms with van der Waals surface area (Å²) in [5.74, 6) is 0.538. The molecule has 0 atom stereocenters. The Morgan fingerprint density at radius 2 is 2.00 bits per heavy atom. The van der Waals surface area contributed by atoms with Gasteiger partial charge in [0.2, 0.25) is 0 Å². The molecule has 0 saturated carbocycles.